The molecule has 0 aromatic heterocycles. The topological polar surface area (TPSA) is 81.4 Å². The number of amides is 2. The average molecular weight is 427 g/mol. The molecule has 6 heteroatoms. The molecule has 0 saturated carbocycles. The first kappa shape index (κ1) is 18.9. The number of rotatable bonds is 7. The van der Waals surface area contributed by atoms with Crippen LogP contribution in [0.1, 0.15) is 15.9 Å². The maximum absolute atomic E-state index is 12.0. The van der Waals surface area contributed by atoms with Crippen molar-refractivity contribution in [3.8, 4) is 5.75 Å². The highest BCUT2D eigenvalue weighted by Crippen LogP contribution is 2.24. The summed E-state index contributed by atoms with van der Waals surface area (Å²) in [6, 6.07) is 18.8. The van der Waals surface area contributed by atoms with E-state index in [1.54, 1.807) is 18.2 Å². The molecule has 0 aliphatic carbocycles. The van der Waals surface area contributed by atoms with Gasteiger partial charge in [0.05, 0.1) is 0 Å². The quantitative estimate of drug-likeness (QED) is 0.606. The Bertz CT molecular complexity index is 988. The third kappa shape index (κ3) is 5.31. The monoisotopic (exact) mass is 426 g/mol. The van der Waals surface area contributed by atoms with Crippen molar-refractivity contribution in [3.63, 3.8) is 0 Å². The largest absolute Gasteiger partial charge is 0.484 e. The van der Waals surface area contributed by atoms with Gasteiger partial charge in [-0.1, -0.05) is 40.2 Å². The van der Waals surface area contributed by atoms with Gasteiger partial charge in [-0.25, -0.2) is 0 Å². The summed E-state index contributed by atoms with van der Waals surface area (Å²) >= 11 is 3.45. The molecule has 0 unspecified atom stereocenters. The van der Waals surface area contributed by atoms with E-state index in [-0.39, 0.29) is 12.5 Å². The molecule has 27 heavy (non-hydrogen) atoms. The first-order valence-corrected chi connectivity index (χ1v) is 9.28. The van der Waals surface area contributed by atoms with Crippen molar-refractivity contribution in [2.75, 3.05) is 13.2 Å². The van der Waals surface area contributed by atoms with Crippen molar-refractivity contribution in [1.29, 1.82) is 0 Å². The molecule has 0 atom stereocenters. The maximum atomic E-state index is 12.0. The molecule has 0 spiro atoms. The van der Waals surface area contributed by atoms with E-state index in [4.69, 9.17) is 10.5 Å². The lowest BCUT2D eigenvalue weighted by Gasteiger charge is -2.09. The lowest BCUT2D eigenvalue weighted by Crippen LogP contribution is -2.30. The molecule has 0 heterocycles. The number of carbonyl (C=O) groups is 2. The molecule has 0 bridgehead atoms. The third-order valence-electron chi connectivity index (χ3n) is 4.09. The average Bonchev–Trinajstić information content (AvgIpc) is 2.66. The number of halogens is 1. The van der Waals surface area contributed by atoms with Crippen molar-refractivity contribution in [3.05, 3.63) is 76.3 Å². The first-order chi connectivity index (χ1) is 13.0. The number of hydrogen-bond acceptors (Lipinski definition) is 3. The number of primary amides is 1. The molecular formula is C21H19BrN2O3. The molecule has 0 aliphatic heterocycles. The number of nitrogens with two attached hydrogens (primary N) is 1. The molecule has 5 nitrogen and oxygen atoms in total. The van der Waals surface area contributed by atoms with E-state index in [1.165, 1.54) is 0 Å². The standard InChI is InChI=1S/C21H19BrN2O3/c22-18-6-4-16-12-19(7-5-15(16)11-18)27-13-20(25)24-9-8-14-2-1-3-17(10-14)21(23)26/h1-7,10-12H,8-9,13H2,(H2,23,26)(H,24,25). The fraction of sp³-hybridized carbons (Fsp3) is 0.143. The Morgan fingerprint density at radius 2 is 1.78 bits per heavy atom. The highest BCUT2D eigenvalue weighted by molar-refractivity contribution is 9.10. The Hall–Kier alpha value is -2.86. The predicted molar refractivity (Wildman–Crippen MR) is 109 cm³/mol. The fourth-order valence-corrected chi connectivity index (χ4v) is 3.09. The van der Waals surface area contributed by atoms with E-state index in [2.05, 4.69) is 21.2 Å². The van der Waals surface area contributed by atoms with Crippen LogP contribution in [0.25, 0.3) is 10.8 Å². The second kappa shape index (κ2) is 8.68. The summed E-state index contributed by atoms with van der Waals surface area (Å²) in [4.78, 5) is 23.2. The van der Waals surface area contributed by atoms with Gasteiger partial charge in [-0.05, 0) is 59.2 Å². The number of carbonyl (C=O) groups excluding carboxylic acids is 2. The van der Waals surface area contributed by atoms with Gasteiger partial charge in [0.2, 0.25) is 5.91 Å². The van der Waals surface area contributed by atoms with Crippen LogP contribution in [0, 0.1) is 0 Å². The number of fused-ring (bicyclic) bond motifs is 1. The lowest BCUT2D eigenvalue weighted by atomic mass is 10.1. The zero-order chi connectivity index (χ0) is 19.2. The SMILES string of the molecule is NC(=O)c1cccc(CCNC(=O)COc2ccc3cc(Br)ccc3c2)c1. The van der Waals surface area contributed by atoms with Crippen LogP contribution in [0.15, 0.2) is 65.1 Å². The smallest absolute Gasteiger partial charge is 0.257 e. The van der Waals surface area contributed by atoms with Crippen LogP contribution in [-0.4, -0.2) is 25.0 Å². The number of ether oxygens (including phenoxy) is 1. The second-order valence-electron chi connectivity index (χ2n) is 6.11. The van der Waals surface area contributed by atoms with Crippen LogP contribution >= 0.6 is 15.9 Å². The molecular weight excluding hydrogens is 408 g/mol. The van der Waals surface area contributed by atoms with Crippen molar-refractivity contribution in [2.45, 2.75) is 6.42 Å². The van der Waals surface area contributed by atoms with Crippen LogP contribution in [0.5, 0.6) is 5.75 Å². The van der Waals surface area contributed by atoms with Gasteiger partial charge in [-0.3, -0.25) is 9.59 Å². The van der Waals surface area contributed by atoms with E-state index in [0.717, 1.165) is 20.8 Å². The molecule has 3 N–H and O–H groups in total. The van der Waals surface area contributed by atoms with Gasteiger partial charge in [0.1, 0.15) is 5.75 Å². The second-order valence-corrected chi connectivity index (χ2v) is 7.02. The molecule has 0 fully saturated rings. The van der Waals surface area contributed by atoms with Crippen LogP contribution in [0.2, 0.25) is 0 Å². The van der Waals surface area contributed by atoms with E-state index in [0.29, 0.717) is 24.3 Å². The van der Waals surface area contributed by atoms with E-state index < -0.39 is 5.91 Å². The highest BCUT2D eigenvalue weighted by atomic mass is 79.9. The van der Waals surface area contributed by atoms with Gasteiger partial charge in [0.25, 0.3) is 5.91 Å². The molecule has 2 amide bonds. The first-order valence-electron chi connectivity index (χ1n) is 8.49. The number of hydrogen-bond donors (Lipinski definition) is 2. The van der Waals surface area contributed by atoms with Crippen LogP contribution in [0.3, 0.4) is 0 Å². The molecule has 3 aromatic rings. The third-order valence-corrected chi connectivity index (χ3v) is 4.58. The number of benzene rings is 3. The zero-order valence-corrected chi connectivity index (χ0v) is 16.2. The minimum absolute atomic E-state index is 0.0522. The lowest BCUT2D eigenvalue weighted by molar-refractivity contribution is -0.123. The summed E-state index contributed by atoms with van der Waals surface area (Å²) in [5.74, 6) is -0.0110. The Labute approximate surface area is 165 Å². The Balaban J connectivity index is 1.48. The Morgan fingerprint density at radius 3 is 2.59 bits per heavy atom. The molecule has 0 radical (unpaired) electrons. The summed E-state index contributed by atoms with van der Waals surface area (Å²) in [6.45, 7) is 0.402. The van der Waals surface area contributed by atoms with E-state index in [9.17, 15) is 9.59 Å². The summed E-state index contributed by atoms with van der Waals surface area (Å²) < 4.78 is 6.59. The molecule has 0 saturated heterocycles. The van der Waals surface area contributed by atoms with Gasteiger partial charge in [0.15, 0.2) is 6.61 Å². The van der Waals surface area contributed by atoms with Crippen LogP contribution in [-0.2, 0) is 11.2 Å². The number of nitrogens with one attached hydrogen (secondary N) is 1. The van der Waals surface area contributed by atoms with E-state index in [1.807, 2.05) is 42.5 Å². The van der Waals surface area contributed by atoms with Gasteiger partial charge in [-0.2, -0.15) is 0 Å². The van der Waals surface area contributed by atoms with Crippen molar-refractivity contribution >= 4 is 38.5 Å². The van der Waals surface area contributed by atoms with Crippen LogP contribution in [0.4, 0.5) is 0 Å². The van der Waals surface area contributed by atoms with Crippen molar-refractivity contribution in [2.24, 2.45) is 5.73 Å². The molecule has 138 valence electrons. The van der Waals surface area contributed by atoms with Crippen LogP contribution < -0.4 is 15.8 Å². The zero-order valence-electron chi connectivity index (χ0n) is 14.6. The van der Waals surface area contributed by atoms with Gasteiger partial charge >= 0.3 is 0 Å². The summed E-state index contributed by atoms with van der Waals surface area (Å²) in [5, 5.41) is 4.95. The van der Waals surface area contributed by atoms with Gasteiger partial charge in [-0.15, -0.1) is 0 Å². The summed E-state index contributed by atoms with van der Waals surface area (Å²) in [5.41, 5.74) is 6.67. The Kier molecular flexibility index (Phi) is 6.08. The fourth-order valence-electron chi connectivity index (χ4n) is 2.71. The molecule has 0 aliphatic rings. The summed E-state index contributed by atoms with van der Waals surface area (Å²) in [6.07, 6.45) is 0.609. The normalized spacial score (nSPS) is 10.6. The van der Waals surface area contributed by atoms with E-state index >= 15 is 0 Å². The highest BCUT2D eigenvalue weighted by Gasteiger charge is 2.05. The minimum atomic E-state index is -0.461. The molecule has 3 aromatic carbocycles. The Morgan fingerprint density at radius 1 is 1.00 bits per heavy atom. The minimum Gasteiger partial charge on any atom is -0.484 e. The van der Waals surface area contributed by atoms with Crippen molar-refractivity contribution in [1.82, 2.24) is 5.32 Å². The van der Waals surface area contributed by atoms with Crippen molar-refractivity contribution < 1.29 is 14.3 Å². The van der Waals surface area contributed by atoms with Gasteiger partial charge < -0.3 is 15.8 Å². The molecule has 3 rings (SSSR count). The maximum Gasteiger partial charge on any atom is 0.257 e. The predicted octanol–water partition coefficient (Wildman–Crippen LogP) is 3.44. The summed E-state index contributed by atoms with van der Waals surface area (Å²) in [7, 11) is 0. The van der Waals surface area contributed by atoms with Gasteiger partial charge in [0, 0.05) is 16.6 Å².